The van der Waals surface area contributed by atoms with Gasteiger partial charge in [-0.05, 0) is 42.8 Å². The third-order valence-corrected chi connectivity index (χ3v) is 4.93. The quantitative estimate of drug-likeness (QED) is 0.242. The number of hydrogen-bond donors (Lipinski definition) is 1. The minimum Gasteiger partial charge on any atom is -0.322 e. The van der Waals surface area contributed by atoms with Crippen molar-refractivity contribution in [1.29, 1.82) is 0 Å². The molecule has 0 saturated carbocycles. The molecule has 1 heterocycles. The van der Waals surface area contributed by atoms with E-state index >= 15 is 0 Å². The number of aryl methyl sites for hydroxylation is 1. The average Bonchev–Trinajstić information content (AvgIpc) is 3.17. The molecule has 3 aromatic rings. The first-order chi connectivity index (χ1) is 16.5. The van der Waals surface area contributed by atoms with E-state index in [1.165, 1.54) is 19.1 Å². The van der Waals surface area contributed by atoms with Crippen LogP contribution in [-0.2, 0) is 18.6 Å². The number of alkyl halides is 8. The van der Waals surface area contributed by atoms with Crippen LogP contribution in [0.5, 0.6) is 0 Å². The first-order valence-electron chi connectivity index (χ1n) is 9.75. The molecule has 2 aromatic carbocycles. The molecule has 192 valence electrons. The van der Waals surface area contributed by atoms with Crippen molar-refractivity contribution < 1.29 is 44.8 Å². The molecule has 0 unspecified atom stereocenters. The average molecular weight is 522 g/mol. The van der Waals surface area contributed by atoms with Crippen LogP contribution in [0.2, 0.25) is 0 Å². The predicted molar refractivity (Wildman–Crippen MR) is 109 cm³/mol. The molecule has 0 fully saturated rings. The molecule has 0 bridgehead atoms. The fraction of sp³-hybridized carbons (Fsp3) is 0.238. The Morgan fingerprint density at radius 2 is 1.64 bits per heavy atom. The van der Waals surface area contributed by atoms with Gasteiger partial charge in [-0.2, -0.15) is 40.2 Å². The van der Waals surface area contributed by atoms with Gasteiger partial charge in [-0.1, -0.05) is 6.07 Å². The van der Waals surface area contributed by atoms with Gasteiger partial charge in [-0.3, -0.25) is 19.6 Å². The number of carbonyl (C=O) groups is 1. The number of nitro groups is 1. The van der Waals surface area contributed by atoms with Gasteiger partial charge in [0.25, 0.3) is 11.6 Å². The van der Waals surface area contributed by atoms with E-state index in [1.807, 2.05) is 5.32 Å². The second-order valence-corrected chi connectivity index (χ2v) is 7.57. The first-order valence-corrected chi connectivity index (χ1v) is 9.75. The van der Waals surface area contributed by atoms with Crippen LogP contribution >= 0.6 is 0 Å². The zero-order valence-corrected chi connectivity index (χ0v) is 17.9. The van der Waals surface area contributed by atoms with E-state index in [0.29, 0.717) is 23.0 Å². The van der Waals surface area contributed by atoms with Crippen molar-refractivity contribution in [3.63, 3.8) is 0 Å². The number of nitrogens with one attached hydrogen (secondary N) is 1. The molecule has 0 aliphatic rings. The van der Waals surface area contributed by atoms with E-state index in [1.54, 1.807) is 0 Å². The summed E-state index contributed by atoms with van der Waals surface area (Å²) in [5, 5.41) is 16.1. The Labute approximate surface area is 196 Å². The lowest BCUT2D eigenvalue weighted by atomic mass is 10.1. The number of hydrogen-bond acceptors (Lipinski definition) is 4. The molecule has 3 rings (SSSR count). The predicted octanol–water partition coefficient (Wildman–Crippen LogP) is 6.07. The first kappa shape index (κ1) is 26.6. The number of anilines is 1. The smallest absolute Gasteiger partial charge is 0.322 e. The molecule has 1 aromatic heterocycles. The van der Waals surface area contributed by atoms with Crippen LogP contribution in [0.4, 0.5) is 46.5 Å². The van der Waals surface area contributed by atoms with Crippen molar-refractivity contribution in [2.75, 3.05) is 5.32 Å². The summed E-state index contributed by atoms with van der Waals surface area (Å²) in [6.07, 6.45) is -10.2. The fourth-order valence-electron chi connectivity index (χ4n) is 3.18. The number of rotatable bonds is 6. The monoisotopic (exact) mass is 522 g/mol. The Bertz CT molecular complexity index is 1300. The molecule has 0 atom stereocenters. The topological polar surface area (TPSA) is 90.1 Å². The van der Waals surface area contributed by atoms with Crippen molar-refractivity contribution in [3.8, 4) is 0 Å². The summed E-state index contributed by atoms with van der Waals surface area (Å²) in [4.78, 5) is 22.8. The van der Waals surface area contributed by atoms with Gasteiger partial charge < -0.3 is 5.32 Å². The van der Waals surface area contributed by atoms with E-state index in [2.05, 4.69) is 5.10 Å². The highest BCUT2D eigenvalue weighted by atomic mass is 19.4. The van der Waals surface area contributed by atoms with Crippen LogP contribution in [0, 0.1) is 17.0 Å². The van der Waals surface area contributed by atoms with Gasteiger partial charge in [-0.25, -0.2) is 0 Å². The van der Waals surface area contributed by atoms with Crippen LogP contribution in [-0.4, -0.2) is 26.8 Å². The Kier molecular flexibility index (Phi) is 6.79. The minimum absolute atomic E-state index is 0.186. The highest BCUT2D eigenvalue weighted by Crippen LogP contribution is 2.44. The third-order valence-electron chi connectivity index (χ3n) is 4.93. The third kappa shape index (κ3) is 5.44. The molecule has 0 aliphatic heterocycles. The maximum absolute atomic E-state index is 14.2. The van der Waals surface area contributed by atoms with E-state index in [9.17, 15) is 50.0 Å². The number of halogens is 8. The van der Waals surface area contributed by atoms with Gasteiger partial charge in [-0.15, -0.1) is 0 Å². The van der Waals surface area contributed by atoms with Crippen LogP contribution in [0.1, 0.15) is 32.7 Å². The van der Waals surface area contributed by atoms with Crippen molar-refractivity contribution in [1.82, 2.24) is 9.78 Å². The summed E-state index contributed by atoms with van der Waals surface area (Å²) in [5.41, 5.74) is -4.28. The van der Waals surface area contributed by atoms with E-state index < -0.39 is 52.5 Å². The van der Waals surface area contributed by atoms with Gasteiger partial charge in [0.05, 0.1) is 22.6 Å². The molecular formula is C21H14F8N4O3. The number of nitrogens with zero attached hydrogens (tertiary/aromatic N) is 3. The zero-order chi connectivity index (χ0) is 27.1. The Morgan fingerprint density at radius 1 is 1.03 bits per heavy atom. The Balaban J connectivity index is 1.97. The van der Waals surface area contributed by atoms with Crippen LogP contribution in [0.3, 0.4) is 0 Å². The number of benzene rings is 2. The van der Waals surface area contributed by atoms with Crippen molar-refractivity contribution in [3.05, 3.63) is 86.7 Å². The molecule has 7 nitrogen and oxygen atoms in total. The Morgan fingerprint density at radius 3 is 2.14 bits per heavy atom. The van der Waals surface area contributed by atoms with E-state index in [0.717, 1.165) is 18.2 Å². The SMILES string of the molecule is Cc1cc(Cn2cc(C(=O)Nc3ccc(C(F)(F)F)cc3)c(C(F)(F)C(F)(F)F)n2)ccc1[N+](=O)[O-]. The number of aromatic nitrogens is 2. The standard InChI is InChI=1S/C21H14F8N4O3/c1-11-8-12(2-7-16(11)33(35)36)9-32-10-15(17(31-32)19(22,23)21(27,28)29)18(34)30-14-5-3-13(4-6-14)20(24,25)26/h2-8,10H,9H2,1H3,(H,30,34). The molecule has 0 saturated heterocycles. The van der Waals surface area contributed by atoms with Crippen LogP contribution in [0.25, 0.3) is 0 Å². The molecule has 0 aliphatic carbocycles. The molecule has 36 heavy (non-hydrogen) atoms. The molecule has 1 amide bonds. The maximum Gasteiger partial charge on any atom is 0.459 e. The molecule has 1 N–H and O–H groups in total. The van der Waals surface area contributed by atoms with Gasteiger partial charge in [0.15, 0.2) is 5.69 Å². The lowest BCUT2D eigenvalue weighted by Crippen LogP contribution is -2.36. The highest BCUT2D eigenvalue weighted by Gasteiger charge is 2.62. The number of amides is 1. The van der Waals surface area contributed by atoms with Gasteiger partial charge in [0, 0.05) is 23.5 Å². The number of nitro benzene ring substituents is 1. The van der Waals surface area contributed by atoms with Crippen molar-refractivity contribution in [2.24, 2.45) is 0 Å². The lowest BCUT2D eigenvalue weighted by molar-refractivity contribution is -0.385. The summed E-state index contributed by atoms with van der Waals surface area (Å²) in [6.45, 7) is 0.963. The summed E-state index contributed by atoms with van der Waals surface area (Å²) in [5.74, 6) is -7.02. The summed E-state index contributed by atoms with van der Waals surface area (Å²) in [7, 11) is 0. The van der Waals surface area contributed by atoms with Gasteiger partial charge >= 0.3 is 18.3 Å². The molecule has 15 heteroatoms. The molecule has 0 radical (unpaired) electrons. The fourth-order valence-corrected chi connectivity index (χ4v) is 3.18. The largest absolute Gasteiger partial charge is 0.459 e. The molecule has 0 spiro atoms. The lowest BCUT2D eigenvalue weighted by Gasteiger charge is -2.18. The second kappa shape index (κ2) is 9.20. The second-order valence-electron chi connectivity index (χ2n) is 7.57. The van der Waals surface area contributed by atoms with Gasteiger partial charge in [0.1, 0.15) is 0 Å². The van der Waals surface area contributed by atoms with Crippen molar-refractivity contribution >= 4 is 17.3 Å². The van der Waals surface area contributed by atoms with Gasteiger partial charge in [0.2, 0.25) is 0 Å². The minimum atomic E-state index is -6.11. The highest BCUT2D eigenvalue weighted by molar-refractivity contribution is 6.05. The summed E-state index contributed by atoms with van der Waals surface area (Å²) in [6, 6.07) is 6.40. The Hall–Kier alpha value is -4.04. The molecular weight excluding hydrogens is 508 g/mol. The zero-order valence-electron chi connectivity index (χ0n) is 17.9. The normalized spacial score (nSPS) is 12.5. The van der Waals surface area contributed by atoms with Crippen LogP contribution < -0.4 is 5.32 Å². The summed E-state index contributed by atoms with van der Waals surface area (Å²) < 4.78 is 106. The summed E-state index contributed by atoms with van der Waals surface area (Å²) >= 11 is 0. The maximum atomic E-state index is 14.2. The van der Waals surface area contributed by atoms with E-state index in [4.69, 9.17) is 0 Å². The van der Waals surface area contributed by atoms with Crippen molar-refractivity contribution in [2.45, 2.75) is 31.7 Å². The van der Waals surface area contributed by atoms with E-state index in [-0.39, 0.29) is 22.5 Å². The number of carbonyl (C=O) groups excluding carboxylic acids is 1. The van der Waals surface area contributed by atoms with Crippen LogP contribution in [0.15, 0.2) is 48.7 Å².